The van der Waals surface area contributed by atoms with Gasteiger partial charge in [-0.3, -0.25) is 4.98 Å². The molecule has 2 rings (SSSR count). The zero-order chi connectivity index (χ0) is 9.80. The van der Waals surface area contributed by atoms with E-state index in [0.29, 0.717) is 0 Å². The second-order valence-electron chi connectivity index (χ2n) is 3.06. The summed E-state index contributed by atoms with van der Waals surface area (Å²) in [5.41, 5.74) is 2.62. The first-order valence-corrected chi connectivity index (χ1v) is 4.61. The van der Waals surface area contributed by atoms with Crippen molar-refractivity contribution in [2.75, 3.05) is 13.6 Å². The molecule has 0 atom stereocenters. The Bertz CT molecular complexity index is 427. The fraction of sp³-hybridized carbons (Fsp3) is 0.300. The zero-order valence-electron chi connectivity index (χ0n) is 8.07. The minimum absolute atomic E-state index is 0.723. The molecule has 0 unspecified atom stereocenters. The maximum absolute atomic E-state index is 4.40. The third-order valence-electron chi connectivity index (χ3n) is 2.02. The van der Waals surface area contributed by atoms with E-state index in [2.05, 4.69) is 20.3 Å². The molecule has 14 heavy (non-hydrogen) atoms. The highest BCUT2D eigenvalue weighted by atomic mass is 14.9. The van der Waals surface area contributed by atoms with E-state index in [1.54, 1.807) is 12.4 Å². The molecule has 2 heterocycles. The molecule has 2 aromatic rings. The minimum Gasteiger partial charge on any atom is -0.319 e. The molecule has 0 radical (unpaired) electrons. The van der Waals surface area contributed by atoms with Crippen LogP contribution in [0.5, 0.6) is 0 Å². The average Bonchev–Trinajstić information content (AvgIpc) is 2.26. The highest BCUT2D eigenvalue weighted by Gasteiger charge is 1.98. The highest BCUT2D eigenvalue weighted by Crippen LogP contribution is 2.06. The Balaban J connectivity index is 2.32. The number of aromatic nitrogens is 3. The van der Waals surface area contributed by atoms with Crippen LogP contribution in [0.15, 0.2) is 24.5 Å². The Labute approximate surface area is 82.4 Å². The van der Waals surface area contributed by atoms with E-state index < -0.39 is 0 Å². The molecule has 0 fully saturated rings. The Hall–Kier alpha value is -1.55. The van der Waals surface area contributed by atoms with Crippen LogP contribution in [0, 0.1) is 0 Å². The Morgan fingerprint density at radius 3 is 2.93 bits per heavy atom. The van der Waals surface area contributed by atoms with E-state index in [9.17, 15) is 0 Å². The monoisotopic (exact) mass is 188 g/mol. The number of fused-ring (bicyclic) bond motifs is 1. The van der Waals surface area contributed by atoms with Crippen molar-refractivity contribution in [3.05, 3.63) is 30.2 Å². The molecule has 0 bridgehead atoms. The van der Waals surface area contributed by atoms with Gasteiger partial charge in [0.05, 0.1) is 0 Å². The maximum atomic E-state index is 4.40. The first kappa shape index (κ1) is 9.02. The Morgan fingerprint density at radius 1 is 1.21 bits per heavy atom. The van der Waals surface area contributed by atoms with E-state index in [0.717, 1.165) is 29.8 Å². The van der Waals surface area contributed by atoms with Gasteiger partial charge in [-0.2, -0.15) is 0 Å². The van der Waals surface area contributed by atoms with Crippen molar-refractivity contribution in [3.8, 4) is 0 Å². The van der Waals surface area contributed by atoms with Gasteiger partial charge in [0, 0.05) is 31.1 Å². The van der Waals surface area contributed by atoms with Crippen molar-refractivity contribution in [1.82, 2.24) is 20.3 Å². The van der Waals surface area contributed by atoms with Gasteiger partial charge in [-0.25, -0.2) is 9.97 Å². The number of nitrogens with one attached hydrogen (secondary N) is 1. The molecule has 0 saturated heterocycles. The topological polar surface area (TPSA) is 50.7 Å². The molecule has 4 nitrogen and oxygen atoms in total. The lowest BCUT2D eigenvalue weighted by atomic mass is 10.2. The predicted octanol–water partition coefficient (Wildman–Crippen LogP) is 0.787. The lowest BCUT2D eigenvalue weighted by Crippen LogP contribution is -2.11. The van der Waals surface area contributed by atoms with E-state index in [1.165, 1.54) is 0 Å². The van der Waals surface area contributed by atoms with Crippen LogP contribution in [-0.4, -0.2) is 28.5 Å². The summed E-state index contributed by atoms with van der Waals surface area (Å²) in [6, 6.07) is 3.95. The highest BCUT2D eigenvalue weighted by molar-refractivity contribution is 5.68. The summed E-state index contributed by atoms with van der Waals surface area (Å²) in [7, 11) is 1.93. The molecule has 0 aliphatic carbocycles. The zero-order valence-corrected chi connectivity index (χ0v) is 8.07. The van der Waals surface area contributed by atoms with Crippen LogP contribution in [0.2, 0.25) is 0 Å². The number of nitrogens with zero attached hydrogens (tertiary/aromatic N) is 3. The van der Waals surface area contributed by atoms with Gasteiger partial charge in [-0.05, 0) is 19.2 Å². The molecule has 0 aromatic carbocycles. The molecule has 0 spiro atoms. The minimum atomic E-state index is 0.723. The van der Waals surface area contributed by atoms with Gasteiger partial charge in [0.25, 0.3) is 0 Å². The number of likely N-dealkylation sites (N-methyl/N-ethyl adjacent to an activating group) is 1. The number of hydrogen-bond acceptors (Lipinski definition) is 4. The molecular formula is C10H12N4. The molecule has 0 amide bonds. The first-order chi connectivity index (χ1) is 6.90. The summed E-state index contributed by atoms with van der Waals surface area (Å²) >= 11 is 0. The summed E-state index contributed by atoms with van der Waals surface area (Å²) in [4.78, 5) is 12.7. The summed E-state index contributed by atoms with van der Waals surface area (Å²) < 4.78 is 0. The van der Waals surface area contributed by atoms with Gasteiger partial charge < -0.3 is 5.32 Å². The predicted molar refractivity (Wildman–Crippen MR) is 55.0 cm³/mol. The van der Waals surface area contributed by atoms with Crippen molar-refractivity contribution in [3.63, 3.8) is 0 Å². The van der Waals surface area contributed by atoms with E-state index in [1.807, 2.05) is 19.2 Å². The molecule has 2 aromatic heterocycles. The van der Waals surface area contributed by atoms with Gasteiger partial charge in [-0.15, -0.1) is 0 Å². The third kappa shape index (κ3) is 1.85. The summed E-state index contributed by atoms with van der Waals surface area (Å²) in [6.07, 6.45) is 4.26. The van der Waals surface area contributed by atoms with Crippen LogP contribution in [0.25, 0.3) is 11.2 Å². The molecule has 72 valence electrons. The van der Waals surface area contributed by atoms with E-state index in [4.69, 9.17) is 0 Å². The fourth-order valence-electron chi connectivity index (χ4n) is 1.29. The van der Waals surface area contributed by atoms with E-state index in [-0.39, 0.29) is 0 Å². The normalized spacial score (nSPS) is 10.6. The van der Waals surface area contributed by atoms with Crippen LogP contribution in [0.3, 0.4) is 0 Å². The Kier molecular flexibility index (Phi) is 2.65. The van der Waals surface area contributed by atoms with Crippen molar-refractivity contribution in [2.24, 2.45) is 0 Å². The standard InChI is InChI=1S/C10H12N4/c1-11-5-4-8-2-3-9-10(14-8)13-7-6-12-9/h2-3,6-7,11H,4-5H2,1H3. The molecular weight excluding hydrogens is 176 g/mol. The van der Waals surface area contributed by atoms with Crippen LogP contribution < -0.4 is 5.32 Å². The lowest BCUT2D eigenvalue weighted by molar-refractivity contribution is 0.778. The fourth-order valence-corrected chi connectivity index (χ4v) is 1.29. The van der Waals surface area contributed by atoms with Gasteiger partial charge >= 0.3 is 0 Å². The first-order valence-electron chi connectivity index (χ1n) is 4.61. The molecule has 4 heteroatoms. The average molecular weight is 188 g/mol. The van der Waals surface area contributed by atoms with Crippen LogP contribution in [-0.2, 0) is 6.42 Å². The van der Waals surface area contributed by atoms with E-state index >= 15 is 0 Å². The second-order valence-corrected chi connectivity index (χ2v) is 3.06. The SMILES string of the molecule is CNCCc1ccc2nccnc2n1. The summed E-state index contributed by atoms with van der Waals surface area (Å²) in [5.74, 6) is 0. The number of pyridine rings is 1. The van der Waals surface area contributed by atoms with Gasteiger partial charge in [-0.1, -0.05) is 0 Å². The van der Waals surface area contributed by atoms with Gasteiger partial charge in [0.15, 0.2) is 5.65 Å². The van der Waals surface area contributed by atoms with Crippen LogP contribution >= 0.6 is 0 Å². The molecule has 0 saturated carbocycles. The summed E-state index contributed by atoms with van der Waals surface area (Å²) in [5, 5.41) is 3.09. The third-order valence-corrected chi connectivity index (χ3v) is 2.02. The second kappa shape index (κ2) is 4.11. The van der Waals surface area contributed by atoms with Crippen LogP contribution in [0.1, 0.15) is 5.69 Å². The summed E-state index contributed by atoms with van der Waals surface area (Å²) in [6.45, 7) is 0.929. The quantitative estimate of drug-likeness (QED) is 0.773. The molecule has 0 aliphatic rings. The number of rotatable bonds is 3. The largest absolute Gasteiger partial charge is 0.319 e. The van der Waals surface area contributed by atoms with Gasteiger partial charge in [0.1, 0.15) is 5.52 Å². The molecule has 0 aliphatic heterocycles. The van der Waals surface area contributed by atoms with Gasteiger partial charge in [0.2, 0.25) is 0 Å². The van der Waals surface area contributed by atoms with Crippen molar-refractivity contribution in [1.29, 1.82) is 0 Å². The molecule has 1 N–H and O–H groups in total. The van der Waals surface area contributed by atoms with Crippen LogP contribution in [0.4, 0.5) is 0 Å². The number of hydrogen-bond donors (Lipinski definition) is 1. The maximum Gasteiger partial charge on any atom is 0.178 e. The Morgan fingerprint density at radius 2 is 2.07 bits per heavy atom. The van der Waals surface area contributed by atoms with Crippen molar-refractivity contribution in [2.45, 2.75) is 6.42 Å². The van der Waals surface area contributed by atoms with Crippen molar-refractivity contribution < 1.29 is 0 Å². The smallest absolute Gasteiger partial charge is 0.178 e. The lowest BCUT2D eigenvalue weighted by Gasteiger charge is -2.00. The van der Waals surface area contributed by atoms with Crippen molar-refractivity contribution >= 4 is 11.2 Å².